The summed E-state index contributed by atoms with van der Waals surface area (Å²) in [6, 6.07) is 2.44. The van der Waals surface area contributed by atoms with Gasteiger partial charge in [0, 0.05) is 29.8 Å². The molecule has 2 aromatic heterocycles. The smallest absolute Gasteiger partial charge is 0.258 e. The minimum atomic E-state index is -2.99. The maximum atomic E-state index is 12.9. The van der Waals surface area contributed by atoms with Crippen LogP contribution in [0.15, 0.2) is 54.8 Å². The lowest BCUT2D eigenvalue weighted by atomic mass is 10.1. The van der Waals surface area contributed by atoms with Crippen molar-refractivity contribution in [3.63, 3.8) is 0 Å². The Morgan fingerprint density at radius 1 is 1.21 bits per heavy atom. The molecule has 7 heteroatoms. The summed E-state index contributed by atoms with van der Waals surface area (Å²) in [5.74, 6) is -1.02. The quantitative estimate of drug-likeness (QED) is 0.585. The molecule has 0 saturated heterocycles. The lowest BCUT2D eigenvalue weighted by Gasteiger charge is -2.08. The van der Waals surface area contributed by atoms with E-state index in [-0.39, 0.29) is 5.95 Å². The molecule has 140 valence electrons. The van der Waals surface area contributed by atoms with E-state index in [4.69, 9.17) is 9.60 Å². The summed E-state index contributed by atoms with van der Waals surface area (Å²) in [7, 11) is -1.10. The number of hydrogen-bond donors (Lipinski definition) is 1. The second kappa shape index (κ2) is 7.11. The molecule has 2 heterocycles. The molecule has 7 nitrogen and oxygen atoms in total. The van der Waals surface area contributed by atoms with E-state index >= 15 is 0 Å². The summed E-state index contributed by atoms with van der Waals surface area (Å²) >= 11 is 0. The fourth-order valence-electron chi connectivity index (χ4n) is 2.64. The SMILES string of the molecule is [2H]c1c([2H])c(C(=O)Nc2ncc3ccc(-c4cnc(C)n4C)cc3n2)c([2H])c([2H])c1OC([2H])([2H])[2H]. The number of nitrogens with zero attached hydrogens (tertiary/aromatic N) is 4. The molecule has 0 fully saturated rings. The van der Waals surface area contributed by atoms with Crippen LogP contribution in [0, 0.1) is 6.92 Å². The summed E-state index contributed by atoms with van der Waals surface area (Å²) in [4.78, 5) is 25.6. The molecule has 0 saturated carbocycles. The fourth-order valence-corrected chi connectivity index (χ4v) is 2.64. The molecule has 0 aliphatic carbocycles. The Kier molecular flexibility index (Phi) is 2.84. The first-order valence-electron chi connectivity index (χ1n) is 11.7. The zero-order chi connectivity index (χ0) is 25.7. The molecule has 2 aromatic carbocycles. The molecule has 0 unspecified atom stereocenters. The Morgan fingerprint density at radius 3 is 2.75 bits per heavy atom. The van der Waals surface area contributed by atoms with E-state index in [1.807, 2.05) is 30.7 Å². The Bertz CT molecular complexity index is 1450. The van der Waals surface area contributed by atoms with E-state index in [1.54, 1.807) is 12.3 Å². The second-order valence-corrected chi connectivity index (χ2v) is 5.98. The van der Waals surface area contributed by atoms with Crippen LogP contribution in [0.1, 0.15) is 25.8 Å². The largest absolute Gasteiger partial charge is 0.497 e. The number of carbonyl (C=O) groups excluding carboxylic acids is 1. The number of aryl methyl sites for hydroxylation is 1. The van der Waals surface area contributed by atoms with Crippen molar-refractivity contribution < 1.29 is 19.1 Å². The van der Waals surface area contributed by atoms with Gasteiger partial charge in [0.05, 0.1) is 34.0 Å². The number of carbonyl (C=O) groups is 1. The molecule has 0 bridgehead atoms. The average Bonchev–Trinajstić information content (AvgIpc) is 3.12. The van der Waals surface area contributed by atoms with E-state index in [0.29, 0.717) is 10.9 Å². The van der Waals surface area contributed by atoms with Crippen molar-refractivity contribution >= 4 is 22.8 Å². The van der Waals surface area contributed by atoms with Gasteiger partial charge in [-0.2, -0.15) is 0 Å². The molecule has 28 heavy (non-hydrogen) atoms. The van der Waals surface area contributed by atoms with Crippen molar-refractivity contribution in [2.75, 3.05) is 12.4 Å². The zero-order valence-corrected chi connectivity index (χ0v) is 15.0. The minimum Gasteiger partial charge on any atom is -0.497 e. The Labute approximate surface area is 171 Å². The number of ether oxygens (including phenoxy) is 1. The molecule has 0 radical (unpaired) electrons. The van der Waals surface area contributed by atoms with E-state index in [0.717, 1.165) is 17.1 Å². The third kappa shape index (κ3) is 3.29. The van der Waals surface area contributed by atoms with Crippen LogP contribution >= 0.6 is 0 Å². The van der Waals surface area contributed by atoms with Gasteiger partial charge >= 0.3 is 0 Å². The Balaban J connectivity index is 1.69. The number of methoxy groups -OCH3 is 1. The van der Waals surface area contributed by atoms with Crippen molar-refractivity contribution in [2.24, 2.45) is 7.05 Å². The highest BCUT2D eigenvalue weighted by Crippen LogP contribution is 2.24. The fraction of sp³-hybridized carbons (Fsp3) is 0.143. The van der Waals surface area contributed by atoms with Gasteiger partial charge in [-0.15, -0.1) is 0 Å². The number of benzene rings is 2. The summed E-state index contributed by atoms with van der Waals surface area (Å²) in [5, 5.41) is 3.10. The lowest BCUT2D eigenvalue weighted by Crippen LogP contribution is -2.14. The van der Waals surface area contributed by atoms with Crippen LogP contribution in [0.2, 0.25) is 0 Å². The number of fused-ring (bicyclic) bond motifs is 1. The number of aromatic nitrogens is 4. The van der Waals surface area contributed by atoms with Crippen LogP contribution in [-0.4, -0.2) is 32.5 Å². The molecule has 0 aliphatic rings. The molecule has 0 spiro atoms. The van der Waals surface area contributed by atoms with Gasteiger partial charge in [0.15, 0.2) is 0 Å². The highest BCUT2D eigenvalue weighted by atomic mass is 16.5. The van der Waals surface area contributed by atoms with E-state index in [1.165, 1.54) is 6.20 Å². The van der Waals surface area contributed by atoms with Crippen molar-refractivity contribution in [2.45, 2.75) is 6.92 Å². The lowest BCUT2D eigenvalue weighted by molar-refractivity contribution is 0.102. The summed E-state index contributed by atoms with van der Waals surface area (Å²) in [6.45, 7) is 1.88. The predicted octanol–water partition coefficient (Wildman–Crippen LogP) is 3.60. The van der Waals surface area contributed by atoms with Gasteiger partial charge in [0.25, 0.3) is 5.91 Å². The number of rotatable bonds is 4. The molecular formula is C21H19N5O2. The number of anilines is 1. The molecule has 0 atom stereocenters. The second-order valence-electron chi connectivity index (χ2n) is 5.98. The van der Waals surface area contributed by atoms with Crippen LogP contribution in [0.3, 0.4) is 0 Å². The minimum absolute atomic E-state index is 0.111. The van der Waals surface area contributed by atoms with Gasteiger partial charge in [-0.05, 0) is 37.2 Å². The zero-order valence-electron chi connectivity index (χ0n) is 22.0. The van der Waals surface area contributed by atoms with Crippen LogP contribution in [-0.2, 0) is 7.05 Å². The molecule has 4 aromatic rings. The summed E-state index contributed by atoms with van der Waals surface area (Å²) < 4.78 is 60.1. The third-order valence-corrected chi connectivity index (χ3v) is 4.26. The van der Waals surface area contributed by atoms with Crippen molar-refractivity contribution in [1.29, 1.82) is 0 Å². The Hall–Kier alpha value is -3.74. The van der Waals surface area contributed by atoms with Crippen molar-refractivity contribution in [1.82, 2.24) is 19.5 Å². The summed E-state index contributed by atoms with van der Waals surface area (Å²) in [5.41, 5.74) is 1.64. The Morgan fingerprint density at radius 2 is 2.04 bits per heavy atom. The van der Waals surface area contributed by atoms with Gasteiger partial charge in [-0.25, -0.2) is 15.0 Å². The first kappa shape index (κ1) is 11.2. The van der Waals surface area contributed by atoms with Crippen molar-refractivity contribution in [3.05, 3.63) is 66.2 Å². The van der Waals surface area contributed by atoms with Gasteiger partial charge in [0.2, 0.25) is 5.95 Å². The van der Waals surface area contributed by atoms with E-state index < -0.39 is 48.4 Å². The topological polar surface area (TPSA) is 81.9 Å². The highest BCUT2D eigenvalue weighted by molar-refractivity contribution is 6.03. The molecule has 0 aliphatic heterocycles. The first-order chi connectivity index (χ1) is 16.4. The highest BCUT2D eigenvalue weighted by Gasteiger charge is 2.10. The summed E-state index contributed by atoms with van der Waals surface area (Å²) in [6.07, 6.45) is 3.24. The van der Waals surface area contributed by atoms with Crippen LogP contribution < -0.4 is 10.1 Å². The van der Waals surface area contributed by atoms with Gasteiger partial charge in [-0.1, -0.05) is 12.1 Å². The normalized spacial score (nSPS) is 14.9. The number of imidazole rings is 1. The first-order valence-corrected chi connectivity index (χ1v) is 8.23. The standard InChI is InChI=1S/C21H19N5O2/c1-13-22-12-19(26(13)2)15-4-5-16-11-23-21(24-18(16)10-15)25-20(27)14-6-8-17(28-3)9-7-14/h4-12H,1-3H3,(H,23,24,25,27)/i3D3,6D,7D,8D,9D. The monoisotopic (exact) mass is 380 g/mol. The van der Waals surface area contributed by atoms with Gasteiger partial charge < -0.3 is 9.30 Å². The van der Waals surface area contributed by atoms with Crippen molar-refractivity contribution in [3.8, 4) is 17.0 Å². The van der Waals surface area contributed by atoms with Crippen LogP contribution in [0.4, 0.5) is 5.95 Å². The number of amides is 1. The predicted molar refractivity (Wildman–Crippen MR) is 107 cm³/mol. The number of nitrogens with one attached hydrogen (secondary N) is 1. The van der Waals surface area contributed by atoms with E-state index in [2.05, 4.69) is 25.0 Å². The van der Waals surface area contributed by atoms with Crippen LogP contribution in [0.25, 0.3) is 22.2 Å². The van der Waals surface area contributed by atoms with Crippen LogP contribution in [0.5, 0.6) is 5.75 Å². The molecular weight excluding hydrogens is 354 g/mol. The molecule has 1 N–H and O–H groups in total. The number of hydrogen-bond acceptors (Lipinski definition) is 5. The third-order valence-electron chi connectivity index (χ3n) is 4.26. The molecule has 1 amide bonds. The average molecular weight is 380 g/mol. The maximum absolute atomic E-state index is 12.9. The van der Waals surface area contributed by atoms with Gasteiger partial charge in [0.1, 0.15) is 11.6 Å². The molecule has 4 rings (SSSR count). The van der Waals surface area contributed by atoms with E-state index in [9.17, 15) is 4.79 Å². The maximum Gasteiger partial charge on any atom is 0.258 e. The van der Waals surface area contributed by atoms with Gasteiger partial charge in [-0.3, -0.25) is 10.1 Å².